The van der Waals surface area contributed by atoms with Crippen molar-refractivity contribution in [1.82, 2.24) is 20.3 Å². The Balaban J connectivity index is 0.00000400. The Hall–Kier alpha value is -2.94. The van der Waals surface area contributed by atoms with Crippen LogP contribution in [0.5, 0.6) is 0 Å². The number of likely N-dealkylation sites (N-methyl/N-ethyl adjacent to an activating group) is 1. The van der Waals surface area contributed by atoms with E-state index < -0.39 is 0 Å². The number of hydrogen-bond donors (Lipinski definition) is 1. The van der Waals surface area contributed by atoms with Gasteiger partial charge in [0.25, 0.3) is 5.91 Å². The van der Waals surface area contributed by atoms with E-state index in [9.17, 15) is 9.59 Å². The van der Waals surface area contributed by atoms with Crippen molar-refractivity contribution in [2.75, 3.05) is 31.6 Å². The van der Waals surface area contributed by atoms with Crippen molar-refractivity contribution in [1.29, 1.82) is 0 Å². The second kappa shape index (κ2) is 13.7. The van der Waals surface area contributed by atoms with Crippen molar-refractivity contribution in [3.63, 3.8) is 0 Å². The number of halogens is 1. The van der Waals surface area contributed by atoms with Gasteiger partial charge in [-0.15, -0.1) is 23.7 Å². The topological polar surface area (TPSA) is 68.8 Å². The second-order valence-corrected chi connectivity index (χ2v) is 10.9. The Morgan fingerprint density at radius 2 is 1.76 bits per heavy atom. The number of rotatable bonds is 11. The van der Waals surface area contributed by atoms with E-state index in [1.807, 2.05) is 56.3 Å². The van der Waals surface area contributed by atoms with Gasteiger partial charge in [-0.25, -0.2) is 9.99 Å². The number of hydrazine groups is 1. The van der Waals surface area contributed by atoms with Crippen molar-refractivity contribution in [3.8, 4) is 10.6 Å². The lowest BCUT2D eigenvalue weighted by atomic mass is 10.1. The van der Waals surface area contributed by atoms with Crippen molar-refractivity contribution in [2.45, 2.75) is 53.1 Å². The lowest BCUT2D eigenvalue weighted by Crippen LogP contribution is -2.48. The molecule has 0 unspecified atom stereocenters. The number of nitrogens with one attached hydrogen (secondary N) is 1. The quantitative estimate of drug-likeness (QED) is 0.323. The first-order valence-corrected chi connectivity index (χ1v) is 13.8. The van der Waals surface area contributed by atoms with Crippen LogP contribution in [0.15, 0.2) is 48.7 Å². The summed E-state index contributed by atoms with van der Waals surface area (Å²) in [6, 6.07) is 14.4. The monoisotopic (exact) mass is 555 g/mol. The highest BCUT2D eigenvalue weighted by atomic mass is 35.5. The first-order valence-electron chi connectivity index (χ1n) is 13.0. The van der Waals surface area contributed by atoms with Crippen molar-refractivity contribution in [2.24, 2.45) is 0 Å². The molecule has 1 aliphatic rings. The fourth-order valence-electron chi connectivity index (χ4n) is 4.64. The zero-order valence-corrected chi connectivity index (χ0v) is 24.3. The fourth-order valence-corrected chi connectivity index (χ4v) is 5.40. The highest BCUT2D eigenvalue weighted by Crippen LogP contribution is 2.30. The molecular weight excluding hydrogens is 518 g/mol. The van der Waals surface area contributed by atoms with E-state index >= 15 is 0 Å². The molecule has 9 heteroatoms. The van der Waals surface area contributed by atoms with E-state index in [4.69, 9.17) is 0 Å². The van der Waals surface area contributed by atoms with Crippen LogP contribution in [0.4, 0.5) is 5.69 Å². The summed E-state index contributed by atoms with van der Waals surface area (Å²) < 4.78 is 0. The van der Waals surface area contributed by atoms with Gasteiger partial charge in [0.05, 0.1) is 13.1 Å². The minimum Gasteiger partial charge on any atom is -0.355 e. The van der Waals surface area contributed by atoms with Crippen LogP contribution in [0.1, 0.15) is 47.8 Å². The summed E-state index contributed by atoms with van der Waals surface area (Å²) in [5, 5.41) is 7.75. The van der Waals surface area contributed by atoms with E-state index in [1.165, 1.54) is 11.1 Å². The summed E-state index contributed by atoms with van der Waals surface area (Å²) in [5.74, 6) is -0.121. The number of unbranched alkanes of at least 4 members (excludes halogenated alkanes) is 2. The molecule has 1 aliphatic heterocycles. The zero-order valence-electron chi connectivity index (χ0n) is 22.7. The van der Waals surface area contributed by atoms with Gasteiger partial charge in [0.15, 0.2) is 0 Å². The summed E-state index contributed by atoms with van der Waals surface area (Å²) >= 11 is 1.66. The maximum absolute atomic E-state index is 13.5. The van der Waals surface area contributed by atoms with Crippen LogP contribution in [0, 0.1) is 13.8 Å². The number of nitrogens with zero attached hydrogens (tertiary/aromatic N) is 4. The largest absolute Gasteiger partial charge is 0.355 e. The van der Waals surface area contributed by atoms with E-state index in [1.54, 1.807) is 16.3 Å². The van der Waals surface area contributed by atoms with Gasteiger partial charge in [0, 0.05) is 49.0 Å². The van der Waals surface area contributed by atoms with Crippen LogP contribution in [0.2, 0.25) is 0 Å². The van der Waals surface area contributed by atoms with Gasteiger partial charge in [-0.3, -0.25) is 14.6 Å². The molecular formula is C29H38ClN5O2S. The van der Waals surface area contributed by atoms with Gasteiger partial charge in [0.2, 0.25) is 5.91 Å². The van der Waals surface area contributed by atoms with Crippen LogP contribution in [-0.2, 0) is 22.7 Å². The molecule has 1 N–H and O–H groups in total. The number of amides is 2. The molecule has 0 saturated heterocycles. The molecule has 3 aromatic rings. The summed E-state index contributed by atoms with van der Waals surface area (Å²) in [6.45, 7) is 8.52. The van der Waals surface area contributed by atoms with Crippen molar-refractivity contribution in [3.05, 3.63) is 70.2 Å². The average molecular weight is 556 g/mol. The van der Waals surface area contributed by atoms with E-state index in [2.05, 4.69) is 40.4 Å². The predicted molar refractivity (Wildman–Crippen MR) is 157 cm³/mol. The Labute approximate surface area is 236 Å². The van der Waals surface area contributed by atoms with Crippen LogP contribution < -0.4 is 10.2 Å². The molecule has 0 atom stereocenters. The third-order valence-electron chi connectivity index (χ3n) is 6.78. The SMILES string of the molecule is CCCCCNC(=O)CN(CC(=O)N(C)N1Cc2ccccc2C1)c1ccc(-c2ncc(C)s2)cc1C.Cl. The first-order chi connectivity index (χ1) is 17.9. The number of carbonyl (C=O) groups excluding carboxylic acids is 2. The molecule has 7 nitrogen and oxygen atoms in total. The first kappa shape index (κ1) is 29.6. The molecule has 0 saturated carbocycles. The molecule has 2 amide bonds. The normalized spacial score (nSPS) is 12.5. The van der Waals surface area contributed by atoms with Crippen molar-refractivity contribution >= 4 is 41.2 Å². The van der Waals surface area contributed by atoms with Gasteiger partial charge in [-0.05, 0) is 55.2 Å². The average Bonchev–Trinajstić information content (AvgIpc) is 3.52. The summed E-state index contributed by atoms with van der Waals surface area (Å²) in [4.78, 5) is 33.9. The number of thiazole rings is 1. The van der Waals surface area contributed by atoms with Crippen LogP contribution in [0.25, 0.3) is 10.6 Å². The van der Waals surface area contributed by atoms with Gasteiger partial charge in [-0.1, -0.05) is 44.0 Å². The molecule has 2 aromatic carbocycles. The minimum atomic E-state index is -0.0702. The van der Waals surface area contributed by atoms with Gasteiger partial charge in [-0.2, -0.15) is 0 Å². The van der Waals surface area contributed by atoms with E-state index in [-0.39, 0.29) is 37.3 Å². The standard InChI is InChI=1S/C29H37N5O2S.ClH/c1-5-6-9-14-30-27(35)19-33(26-13-12-23(15-21(26)2)29-31-16-22(3)37-29)20-28(36)32(4)34-17-24-10-7-8-11-25(24)18-34;/h7-8,10-13,15-16H,5-6,9,14,17-20H2,1-4H3,(H,30,35);1H. The lowest BCUT2D eigenvalue weighted by molar-refractivity contribution is -0.145. The molecule has 0 fully saturated rings. The number of aromatic nitrogens is 1. The summed E-state index contributed by atoms with van der Waals surface area (Å²) in [5.41, 5.74) is 5.42. The number of benzene rings is 2. The number of aryl methyl sites for hydroxylation is 2. The van der Waals surface area contributed by atoms with Gasteiger partial charge >= 0.3 is 0 Å². The molecule has 1 aromatic heterocycles. The number of anilines is 1. The number of hydrogen-bond acceptors (Lipinski definition) is 6. The van der Waals surface area contributed by atoms with Crippen LogP contribution >= 0.6 is 23.7 Å². The van der Waals surface area contributed by atoms with Crippen LogP contribution in [-0.4, -0.2) is 53.5 Å². The molecule has 204 valence electrons. The number of fused-ring (bicyclic) bond motifs is 1. The minimum absolute atomic E-state index is 0. The molecule has 4 rings (SSSR count). The molecule has 0 spiro atoms. The fraction of sp³-hybridized carbons (Fsp3) is 0.414. The highest BCUT2D eigenvalue weighted by Gasteiger charge is 2.27. The van der Waals surface area contributed by atoms with Crippen molar-refractivity contribution < 1.29 is 9.59 Å². The van der Waals surface area contributed by atoms with Crippen LogP contribution in [0.3, 0.4) is 0 Å². The zero-order chi connectivity index (χ0) is 26.4. The summed E-state index contributed by atoms with van der Waals surface area (Å²) in [7, 11) is 1.82. The predicted octanol–water partition coefficient (Wildman–Crippen LogP) is 5.35. The van der Waals surface area contributed by atoms with Gasteiger partial charge < -0.3 is 10.2 Å². The second-order valence-electron chi connectivity index (χ2n) is 9.70. The lowest BCUT2D eigenvalue weighted by Gasteiger charge is -2.32. The molecule has 0 radical (unpaired) electrons. The van der Waals surface area contributed by atoms with Gasteiger partial charge in [0.1, 0.15) is 5.01 Å². The Morgan fingerprint density at radius 3 is 2.37 bits per heavy atom. The highest BCUT2D eigenvalue weighted by molar-refractivity contribution is 7.14. The third kappa shape index (κ3) is 7.34. The molecule has 0 bridgehead atoms. The number of carbonyl (C=O) groups is 2. The van der Waals surface area contributed by atoms with E-state index in [0.717, 1.165) is 46.0 Å². The molecule has 2 heterocycles. The van der Waals surface area contributed by atoms with E-state index in [0.29, 0.717) is 19.6 Å². The Kier molecular flexibility index (Phi) is 10.7. The maximum Gasteiger partial charge on any atom is 0.256 e. The maximum atomic E-state index is 13.5. The smallest absolute Gasteiger partial charge is 0.256 e. The Bertz CT molecular complexity index is 1220. The Morgan fingerprint density at radius 1 is 1.05 bits per heavy atom. The molecule has 38 heavy (non-hydrogen) atoms. The molecule has 0 aliphatic carbocycles. The summed E-state index contributed by atoms with van der Waals surface area (Å²) in [6.07, 6.45) is 5.03. The third-order valence-corrected chi connectivity index (χ3v) is 7.74.